The molecule has 1 heterocycles. The second-order valence-electron chi connectivity index (χ2n) is 9.00. The van der Waals surface area contributed by atoms with E-state index in [0.717, 1.165) is 11.1 Å². The smallest absolute Gasteiger partial charge is 0.165 e. The van der Waals surface area contributed by atoms with Crippen molar-refractivity contribution in [1.29, 1.82) is 0 Å². The highest BCUT2D eigenvalue weighted by atomic mass is 127. The van der Waals surface area contributed by atoms with Crippen LogP contribution in [0, 0.1) is 15.4 Å². The Balaban J connectivity index is 1.60. The highest BCUT2D eigenvalue weighted by Gasteiger charge is 2.25. The number of hydrogen-bond acceptors (Lipinski definition) is 6. The zero-order valence-electron chi connectivity index (χ0n) is 19.9. The molecular formula is C25H30ClFIN3O4. The third-order valence-corrected chi connectivity index (χ3v) is 7.44. The van der Waals surface area contributed by atoms with Gasteiger partial charge in [0.25, 0.3) is 0 Å². The highest BCUT2D eigenvalue weighted by Crippen LogP contribution is 2.34. The molecule has 190 valence electrons. The monoisotopic (exact) mass is 617 g/mol. The van der Waals surface area contributed by atoms with Gasteiger partial charge in [-0.3, -0.25) is 0 Å². The Morgan fingerprint density at radius 3 is 2.40 bits per heavy atom. The van der Waals surface area contributed by atoms with Gasteiger partial charge < -0.3 is 19.7 Å². The van der Waals surface area contributed by atoms with Crippen LogP contribution in [0.2, 0.25) is 0 Å². The molecule has 0 saturated carbocycles. The first-order chi connectivity index (χ1) is 16.6. The minimum Gasteiger partial charge on any atom is -0.491 e. The standard InChI is InChI=1S/C25H30ClFIN3O4/c1-16(11-26)14-35-23-9-6-18(10-21(23)27)25(2,3)17-4-7-20(8-5-17)34-15-19(33)12-31-24(28)22(13-32)29-30-31/h4-10,16,19,32-33H,11-15H2,1-3H3. The third kappa shape index (κ3) is 7.05. The third-order valence-electron chi connectivity index (χ3n) is 5.73. The Labute approximate surface area is 223 Å². The number of aromatic nitrogens is 3. The van der Waals surface area contributed by atoms with Crippen molar-refractivity contribution < 1.29 is 24.1 Å². The van der Waals surface area contributed by atoms with E-state index in [1.165, 1.54) is 10.7 Å². The molecule has 0 saturated heterocycles. The number of nitrogens with zero attached hydrogens (tertiary/aromatic N) is 3. The molecule has 0 bridgehead atoms. The summed E-state index contributed by atoms with van der Waals surface area (Å²) in [5, 5.41) is 27.3. The lowest BCUT2D eigenvalue weighted by atomic mass is 9.78. The van der Waals surface area contributed by atoms with Gasteiger partial charge in [0.05, 0.1) is 19.8 Å². The van der Waals surface area contributed by atoms with E-state index in [0.29, 0.717) is 27.6 Å². The number of hydrogen-bond donors (Lipinski definition) is 2. The average Bonchev–Trinajstić information content (AvgIpc) is 3.20. The molecule has 0 amide bonds. The molecule has 3 aromatic rings. The lowest BCUT2D eigenvalue weighted by Gasteiger charge is -2.27. The van der Waals surface area contributed by atoms with Crippen LogP contribution in [-0.2, 0) is 18.6 Å². The summed E-state index contributed by atoms with van der Waals surface area (Å²) < 4.78 is 28.2. The van der Waals surface area contributed by atoms with Crippen molar-refractivity contribution in [3.63, 3.8) is 0 Å². The van der Waals surface area contributed by atoms with Crippen LogP contribution in [0.3, 0.4) is 0 Å². The predicted molar refractivity (Wildman–Crippen MR) is 141 cm³/mol. The van der Waals surface area contributed by atoms with Crippen molar-refractivity contribution in [3.8, 4) is 11.5 Å². The van der Waals surface area contributed by atoms with E-state index in [4.69, 9.17) is 21.1 Å². The zero-order valence-corrected chi connectivity index (χ0v) is 22.8. The first-order valence-corrected chi connectivity index (χ1v) is 12.9. The Hall–Kier alpha value is -1.95. The maximum Gasteiger partial charge on any atom is 0.165 e. The van der Waals surface area contributed by atoms with Crippen LogP contribution in [0.4, 0.5) is 4.39 Å². The molecule has 35 heavy (non-hydrogen) atoms. The van der Waals surface area contributed by atoms with Crippen LogP contribution in [0.15, 0.2) is 42.5 Å². The molecule has 2 aromatic carbocycles. The fraction of sp³-hybridized carbons (Fsp3) is 0.440. The Morgan fingerprint density at radius 2 is 1.80 bits per heavy atom. The molecule has 0 aliphatic carbocycles. The zero-order chi connectivity index (χ0) is 25.6. The summed E-state index contributed by atoms with van der Waals surface area (Å²) in [7, 11) is 0. The van der Waals surface area contributed by atoms with Gasteiger partial charge in [-0.05, 0) is 58.0 Å². The van der Waals surface area contributed by atoms with Gasteiger partial charge in [-0.15, -0.1) is 16.7 Å². The highest BCUT2D eigenvalue weighted by molar-refractivity contribution is 14.1. The number of rotatable bonds is 12. The van der Waals surface area contributed by atoms with Crippen molar-refractivity contribution in [2.45, 2.75) is 45.4 Å². The van der Waals surface area contributed by atoms with Gasteiger partial charge in [-0.25, -0.2) is 9.07 Å². The van der Waals surface area contributed by atoms with Gasteiger partial charge >= 0.3 is 0 Å². The molecule has 7 nitrogen and oxygen atoms in total. The van der Waals surface area contributed by atoms with Crippen LogP contribution in [0.25, 0.3) is 0 Å². The lowest BCUT2D eigenvalue weighted by molar-refractivity contribution is 0.0881. The summed E-state index contributed by atoms with van der Waals surface area (Å²) in [6.07, 6.45) is -0.802. The van der Waals surface area contributed by atoms with E-state index >= 15 is 0 Å². The maximum absolute atomic E-state index is 14.7. The molecule has 2 N–H and O–H groups in total. The Morgan fingerprint density at radius 1 is 1.11 bits per heavy atom. The number of ether oxygens (including phenoxy) is 2. The van der Waals surface area contributed by atoms with Crippen molar-refractivity contribution in [2.75, 3.05) is 19.1 Å². The Kier molecular flexibility index (Phi) is 9.74. The van der Waals surface area contributed by atoms with Gasteiger partial charge in [0.1, 0.15) is 27.9 Å². The van der Waals surface area contributed by atoms with Gasteiger partial charge in [-0.1, -0.05) is 44.2 Å². The quantitative estimate of drug-likeness (QED) is 0.229. The largest absolute Gasteiger partial charge is 0.491 e. The second-order valence-corrected chi connectivity index (χ2v) is 10.3. The predicted octanol–water partition coefficient (Wildman–Crippen LogP) is 4.53. The normalized spacial score (nSPS) is 13.5. The summed E-state index contributed by atoms with van der Waals surface area (Å²) >= 11 is 7.82. The van der Waals surface area contributed by atoms with Gasteiger partial charge in [-0.2, -0.15) is 0 Å². The number of alkyl halides is 1. The van der Waals surface area contributed by atoms with E-state index in [2.05, 4.69) is 10.3 Å². The van der Waals surface area contributed by atoms with Gasteiger partial charge in [0, 0.05) is 17.2 Å². The van der Waals surface area contributed by atoms with Crippen molar-refractivity contribution in [2.24, 2.45) is 5.92 Å². The second kappa shape index (κ2) is 12.3. The number of benzene rings is 2. The first-order valence-electron chi connectivity index (χ1n) is 11.2. The average molecular weight is 618 g/mol. The number of aliphatic hydroxyl groups is 2. The van der Waals surface area contributed by atoms with E-state index in [9.17, 15) is 14.6 Å². The Bertz CT molecular complexity index is 1110. The minimum atomic E-state index is -0.802. The maximum atomic E-state index is 14.7. The molecule has 10 heteroatoms. The fourth-order valence-corrected chi connectivity index (χ4v) is 4.07. The molecule has 0 spiro atoms. The molecule has 2 unspecified atom stereocenters. The van der Waals surface area contributed by atoms with Crippen molar-refractivity contribution >= 4 is 34.2 Å². The van der Waals surface area contributed by atoms with E-state index in [1.807, 2.05) is 73.7 Å². The molecule has 0 fully saturated rings. The van der Waals surface area contributed by atoms with Gasteiger partial charge in [0.15, 0.2) is 11.6 Å². The summed E-state index contributed by atoms with van der Waals surface area (Å²) in [6.45, 7) is 6.43. The summed E-state index contributed by atoms with van der Waals surface area (Å²) in [5.41, 5.74) is 1.83. The number of halogens is 3. The van der Waals surface area contributed by atoms with Crippen molar-refractivity contribution in [1.82, 2.24) is 15.0 Å². The topological polar surface area (TPSA) is 89.6 Å². The molecule has 1 aromatic heterocycles. The summed E-state index contributed by atoms with van der Waals surface area (Å²) in [4.78, 5) is 0. The van der Waals surface area contributed by atoms with Crippen LogP contribution >= 0.6 is 34.2 Å². The summed E-state index contributed by atoms with van der Waals surface area (Å²) in [5.74, 6) is 1.02. The van der Waals surface area contributed by atoms with E-state index in [-0.39, 0.29) is 31.4 Å². The van der Waals surface area contributed by atoms with Crippen LogP contribution < -0.4 is 9.47 Å². The minimum absolute atomic E-state index is 0.0716. The molecular weight excluding hydrogens is 588 g/mol. The van der Waals surface area contributed by atoms with Crippen LogP contribution in [0.1, 0.15) is 37.6 Å². The summed E-state index contributed by atoms with van der Waals surface area (Å²) in [6, 6.07) is 12.6. The molecule has 0 radical (unpaired) electrons. The van der Waals surface area contributed by atoms with E-state index < -0.39 is 17.3 Å². The van der Waals surface area contributed by atoms with Crippen molar-refractivity contribution in [3.05, 3.63) is 68.8 Å². The van der Waals surface area contributed by atoms with Crippen LogP contribution in [-0.4, -0.2) is 50.4 Å². The first kappa shape index (κ1) is 27.6. The number of aliphatic hydroxyl groups excluding tert-OH is 2. The molecule has 0 aliphatic heterocycles. The molecule has 0 aliphatic rings. The molecule has 3 rings (SSSR count). The SMILES string of the molecule is CC(CCl)COc1ccc(C(C)(C)c2ccc(OCC(O)Cn3nnc(CO)c3I)cc2)cc1F. The fourth-order valence-electron chi connectivity index (χ4n) is 3.41. The van der Waals surface area contributed by atoms with E-state index in [1.54, 1.807) is 6.07 Å². The van der Waals surface area contributed by atoms with Gasteiger partial charge in [0.2, 0.25) is 0 Å². The lowest BCUT2D eigenvalue weighted by Crippen LogP contribution is -2.25. The van der Waals surface area contributed by atoms with Crippen LogP contribution in [0.5, 0.6) is 11.5 Å². The molecule has 2 atom stereocenters.